The molecule has 1 heterocycles. The molecule has 0 aromatic heterocycles. The van der Waals surface area contributed by atoms with Crippen molar-refractivity contribution in [3.63, 3.8) is 0 Å². The van der Waals surface area contributed by atoms with Crippen LogP contribution in [0.5, 0.6) is 0 Å². The molecule has 1 fully saturated rings. The molecule has 0 saturated carbocycles. The Balaban J connectivity index is 1.95. The highest BCUT2D eigenvalue weighted by Crippen LogP contribution is 2.16. The SMILES string of the molecule is CC(C)CC[C@@H](C)NC(=O)CN1C(=O)C(=O)N(Cc2ccccc2)C1=O. The Labute approximate surface area is 153 Å². The zero-order chi connectivity index (χ0) is 19.3. The summed E-state index contributed by atoms with van der Waals surface area (Å²) in [6, 6.07) is 8.09. The fourth-order valence-corrected chi connectivity index (χ4v) is 2.71. The van der Waals surface area contributed by atoms with Crippen molar-refractivity contribution in [3.8, 4) is 0 Å². The van der Waals surface area contributed by atoms with Gasteiger partial charge in [-0.15, -0.1) is 0 Å². The molecule has 7 nitrogen and oxygen atoms in total. The van der Waals surface area contributed by atoms with Crippen LogP contribution >= 0.6 is 0 Å². The first-order valence-electron chi connectivity index (χ1n) is 8.80. The zero-order valence-electron chi connectivity index (χ0n) is 15.4. The number of carbonyl (C=O) groups excluding carboxylic acids is 4. The van der Waals surface area contributed by atoms with Crippen LogP contribution in [0.3, 0.4) is 0 Å². The Morgan fingerprint density at radius 2 is 1.58 bits per heavy atom. The van der Waals surface area contributed by atoms with Gasteiger partial charge in [0.1, 0.15) is 6.54 Å². The largest absolute Gasteiger partial charge is 0.352 e. The van der Waals surface area contributed by atoms with E-state index in [1.54, 1.807) is 24.3 Å². The van der Waals surface area contributed by atoms with Gasteiger partial charge in [0.05, 0.1) is 6.54 Å². The van der Waals surface area contributed by atoms with E-state index in [4.69, 9.17) is 0 Å². The molecule has 1 aromatic rings. The fraction of sp³-hybridized carbons (Fsp3) is 0.474. The number of carbonyl (C=O) groups is 4. The Kier molecular flexibility index (Phi) is 6.49. The average molecular weight is 359 g/mol. The Bertz CT molecular complexity index is 687. The Morgan fingerprint density at radius 1 is 0.962 bits per heavy atom. The summed E-state index contributed by atoms with van der Waals surface area (Å²) in [5, 5.41) is 2.77. The van der Waals surface area contributed by atoms with Crippen LogP contribution < -0.4 is 5.32 Å². The van der Waals surface area contributed by atoms with Gasteiger partial charge in [-0.2, -0.15) is 0 Å². The number of nitrogens with one attached hydrogen (secondary N) is 1. The number of benzene rings is 1. The lowest BCUT2D eigenvalue weighted by molar-refractivity contribution is -0.144. The van der Waals surface area contributed by atoms with Crippen molar-refractivity contribution in [2.45, 2.75) is 46.2 Å². The van der Waals surface area contributed by atoms with Gasteiger partial charge in [0.25, 0.3) is 0 Å². The molecule has 140 valence electrons. The highest BCUT2D eigenvalue weighted by molar-refractivity contribution is 6.44. The molecule has 7 heteroatoms. The second-order valence-electron chi connectivity index (χ2n) is 6.99. The number of nitrogens with zero attached hydrogens (tertiary/aromatic N) is 2. The molecule has 1 aromatic carbocycles. The molecule has 0 bridgehead atoms. The highest BCUT2D eigenvalue weighted by atomic mass is 16.2. The molecule has 0 radical (unpaired) electrons. The summed E-state index contributed by atoms with van der Waals surface area (Å²) in [4.78, 5) is 50.3. The standard InChI is InChI=1S/C19H25N3O4/c1-13(2)9-10-14(3)20-16(23)12-22-18(25)17(24)21(19(22)26)11-15-7-5-4-6-8-15/h4-8,13-14H,9-12H2,1-3H3,(H,20,23)/t14-/m1/s1. The molecule has 2 rings (SSSR count). The number of hydrogen-bond donors (Lipinski definition) is 1. The van der Waals surface area contributed by atoms with Gasteiger partial charge < -0.3 is 5.32 Å². The van der Waals surface area contributed by atoms with E-state index in [-0.39, 0.29) is 12.6 Å². The minimum Gasteiger partial charge on any atom is -0.352 e. The summed E-state index contributed by atoms with van der Waals surface area (Å²) >= 11 is 0. The van der Waals surface area contributed by atoms with Gasteiger partial charge in [-0.25, -0.2) is 9.69 Å². The van der Waals surface area contributed by atoms with Crippen molar-refractivity contribution in [3.05, 3.63) is 35.9 Å². The summed E-state index contributed by atoms with van der Waals surface area (Å²) < 4.78 is 0. The van der Waals surface area contributed by atoms with Gasteiger partial charge >= 0.3 is 17.8 Å². The second-order valence-corrected chi connectivity index (χ2v) is 6.99. The molecule has 1 saturated heterocycles. The third-order valence-corrected chi connectivity index (χ3v) is 4.20. The smallest absolute Gasteiger partial charge is 0.335 e. The van der Waals surface area contributed by atoms with Crippen molar-refractivity contribution in [2.75, 3.05) is 6.54 Å². The van der Waals surface area contributed by atoms with Crippen LogP contribution in [-0.4, -0.2) is 46.1 Å². The van der Waals surface area contributed by atoms with Crippen LogP contribution in [0, 0.1) is 5.92 Å². The number of imide groups is 2. The number of urea groups is 1. The van der Waals surface area contributed by atoms with Crippen molar-refractivity contribution >= 4 is 23.8 Å². The van der Waals surface area contributed by atoms with E-state index in [1.807, 2.05) is 13.0 Å². The lowest BCUT2D eigenvalue weighted by Gasteiger charge is -2.18. The third kappa shape index (κ3) is 4.91. The molecule has 0 aliphatic carbocycles. The maximum absolute atomic E-state index is 12.4. The van der Waals surface area contributed by atoms with Gasteiger partial charge in [-0.3, -0.25) is 19.3 Å². The van der Waals surface area contributed by atoms with Crippen molar-refractivity contribution in [1.82, 2.24) is 15.1 Å². The molecule has 1 aliphatic heterocycles. The highest BCUT2D eigenvalue weighted by Gasteiger charge is 2.45. The van der Waals surface area contributed by atoms with E-state index >= 15 is 0 Å². The van der Waals surface area contributed by atoms with Crippen LogP contribution in [0.4, 0.5) is 4.79 Å². The predicted molar refractivity (Wildman–Crippen MR) is 95.8 cm³/mol. The van der Waals surface area contributed by atoms with E-state index in [0.29, 0.717) is 10.8 Å². The first-order valence-corrected chi connectivity index (χ1v) is 8.80. The number of hydrogen-bond acceptors (Lipinski definition) is 4. The van der Waals surface area contributed by atoms with Crippen LogP contribution in [0.1, 0.15) is 39.2 Å². The van der Waals surface area contributed by atoms with Crippen molar-refractivity contribution in [2.24, 2.45) is 5.92 Å². The van der Waals surface area contributed by atoms with Gasteiger partial charge in [-0.05, 0) is 31.2 Å². The predicted octanol–water partition coefficient (Wildman–Crippen LogP) is 1.92. The number of rotatable bonds is 8. The molecule has 0 spiro atoms. The molecule has 5 amide bonds. The van der Waals surface area contributed by atoms with Crippen LogP contribution in [-0.2, 0) is 20.9 Å². The van der Waals surface area contributed by atoms with Gasteiger partial charge in [-0.1, -0.05) is 44.2 Å². The maximum atomic E-state index is 12.4. The normalized spacial score (nSPS) is 15.8. The topological polar surface area (TPSA) is 86.8 Å². The third-order valence-electron chi connectivity index (χ3n) is 4.20. The molecular formula is C19H25N3O4. The summed E-state index contributed by atoms with van der Waals surface area (Å²) in [6.07, 6.45) is 1.77. The fourth-order valence-electron chi connectivity index (χ4n) is 2.71. The summed E-state index contributed by atoms with van der Waals surface area (Å²) in [5.41, 5.74) is 0.732. The monoisotopic (exact) mass is 359 g/mol. The second kappa shape index (κ2) is 8.60. The molecule has 26 heavy (non-hydrogen) atoms. The van der Waals surface area contributed by atoms with Gasteiger partial charge in [0.2, 0.25) is 5.91 Å². The van der Waals surface area contributed by atoms with Crippen LogP contribution in [0.2, 0.25) is 0 Å². The lowest BCUT2D eigenvalue weighted by Crippen LogP contribution is -2.44. The van der Waals surface area contributed by atoms with Gasteiger partial charge in [0.15, 0.2) is 0 Å². The van der Waals surface area contributed by atoms with E-state index < -0.39 is 30.3 Å². The van der Waals surface area contributed by atoms with Crippen LogP contribution in [0.15, 0.2) is 30.3 Å². The zero-order valence-corrected chi connectivity index (χ0v) is 15.4. The minimum atomic E-state index is -0.962. The Hall–Kier alpha value is -2.70. The first-order chi connectivity index (χ1) is 12.3. The maximum Gasteiger partial charge on any atom is 0.335 e. The Morgan fingerprint density at radius 3 is 2.19 bits per heavy atom. The summed E-state index contributed by atoms with van der Waals surface area (Å²) in [5.74, 6) is -1.78. The molecular weight excluding hydrogens is 334 g/mol. The van der Waals surface area contributed by atoms with E-state index in [2.05, 4.69) is 19.2 Å². The molecule has 1 atom stereocenters. The summed E-state index contributed by atoms with van der Waals surface area (Å²) in [6.45, 7) is 5.64. The average Bonchev–Trinajstić information content (AvgIpc) is 2.79. The molecule has 1 aliphatic rings. The lowest BCUT2D eigenvalue weighted by atomic mass is 10.0. The summed E-state index contributed by atoms with van der Waals surface area (Å²) in [7, 11) is 0. The minimum absolute atomic E-state index is 0.00710. The van der Waals surface area contributed by atoms with E-state index in [1.165, 1.54) is 0 Å². The van der Waals surface area contributed by atoms with Crippen molar-refractivity contribution in [1.29, 1.82) is 0 Å². The van der Waals surface area contributed by atoms with Gasteiger partial charge in [0, 0.05) is 6.04 Å². The first kappa shape index (κ1) is 19.6. The van der Waals surface area contributed by atoms with Crippen LogP contribution in [0.25, 0.3) is 0 Å². The molecule has 0 unspecified atom stereocenters. The number of amides is 5. The van der Waals surface area contributed by atoms with Crippen molar-refractivity contribution < 1.29 is 19.2 Å². The van der Waals surface area contributed by atoms with E-state index in [9.17, 15) is 19.2 Å². The molecule has 1 N–H and O–H groups in total. The van der Waals surface area contributed by atoms with E-state index in [0.717, 1.165) is 23.3 Å². The quantitative estimate of drug-likeness (QED) is 0.567.